The third kappa shape index (κ3) is 6.43. The summed E-state index contributed by atoms with van der Waals surface area (Å²) in [7, 11) is 0. The summed E-state index contributed by atoms with van der Waals surface area (Å²) in [6, 6.07) is 5.39. The number of carbonyl (C=O) groups is 1. The van der Waals surface area contributed by atoms with Gasteiger partial charge in [0.1, 0.15) is 0 Å². The minimum absolute atomic E-state index is 0.320. The Hall–Kier alpha value is -2.14. The molecule has 0 saturated carbocycles. The number of unbranched alkanes of at least 4 members (excludes halogenated alkanes) is 2. The molecule has 0 radical (unpaired) electrons. The Kier molecular flexibility index (Phi) is 9.57. The van der Waals surface area contributed by atoms with Crippen molar-refractivity contribution in [2.24, 2.45) is 5.92 Å². The summed E-state index contributed by atoms with van der Waals surface area (Å²) in [5, 5.41) is 1.99. The minimum Gasteiger partial charge on any atom is -0.489 e. The molecular formula is C24H33ClO5. The molecule has 0 fully saturated rings. The monoisotopic (exact) mass is 436 g/mol. The van der Waals surface area contributed by atoms with E-state index in [1.807, 2.05) is 12.1 Å². The van der Waals surface area contributed by atoms with Gasteiger partial charge in [-0.2, -0.15) is 0 Å². The van der Waals surface area contributed by atoms with Gasteiger partial charge in [0.25, 0.3) is 0 Å². The first kappa shape index (κ1) is 24.1. The van der Waals surface area contributed by atoms with Crippen molar-refractivity contribution in [3.63, 3.8) is 0 Å². The molecule has 6 heteroatoms. The van der Waals surface area contributed by atoms with Crippen molar-refractivity contribution in [3.8, 4) is 23.0 Å². The number of hydrogen-bond acceptors (Lipinski definition) is 5. The molecule has 0 aromatic heterocycles. The zero-order valence-corrected chi connectivity index (χ0v) is 19.4. The molecule has 0 unspecified atom stereocenters. The van der Waals surface area contributed by atoms with E-state index >= 15 is 0 Å². The quantitative estimate of drug-likeness (QED) is 0.208. The lowest BCUT2D eigenvalue weighted by Gasteiger charge is -2.22. The van der Waals surface area contributed by atoms with Crippen LogP contribution in [0.4, 0.5) is 0 Å². The van der Waals surface area contributed by atoms with E-state index in [0.29, 0.717) is 59.1 Å². The predicted octanol–water partition coefficient (Wildman–Crippen LogP) is 6.81. The molecule has 0 heterocycles. The molecule has 0 aliphatic rings. The molecule has 5 nitrogen and oxygen atoms in total. The molecule has 2 aromatic carbocycles. The van der Waals surface area contributed by atoms with Crippen molar-refractivity contribution >= 4 is 28.3 Å². The summed E-state index contributed by atoms with van der Waals surface area (Å²) in [6.45, 7) is 11.2. The lowest BCUT2D eigenvalue weighted by Crippen LogP contribution is -2.11. The van der Waals surface area contributed by atoms with Gasteiger partial charge in [-0.3, -0.25) is 4.79 Å². The molecule has 0 N–H and O–H groups in total. The van der Waals surface area contributed by atoms with E-state index in [2.05, 4.69) is 27.7 Å². The first-order chi connectivity index (χ1) is 14.4. The molecule has 0 atom stereocenters. The van der Waals surface area contributed by atoms with Gasteiger partial charge in [0.05, 0.1) is 19.8 Å². The standard InChI is InChI=1S/C24H33ClO5/c1-6-8-12-27-23-21(29-15-16(3)4)20-14-18(25)10-11-19(20)22(30-17(5)26)24(23)28-13-9-7-2/h10-11,14,16H,6-9,12-13,15H2,1-5H3. The topological polar surface area (TPSA) is 54.0 Å². The molecule has 166 valence electrons. The molecule has 0 amide bonds. The number of halogens is 1. The summed E-state index contributed by atoms with van der Waals surface area (Å²) in [5.41, 5.74) is 0. The fourth-order valence-corrected chi connectivity index (χ4v) is 3.06. The highest BCUT2D eigenvalue weighted by atomic mass is 35.5. The largest absolute Gasteiger partial charge is 0.489 e. The van der Waals surface area contributed by atoms with Crippen molar-refractivity contribution in [1.82, 2.24) is 0 Å². The zero-order chi connectivity index (χ0) is 22.1. The van der Waals surface area contributed by atoms with Gasteiger partial charge < -0.3 is 18.9 Å². The molecule has 2 aromatic rings. The van der Waals surface area contributed by atoms with Crippen LogP contribution in [-0.4, -0.2) is 25.8 Å². The maximum absolute atomic E-state index is 11.9. The van der Waals surface area contributed by atoms with Crippen LogP contribution in [0.15, 0.2) is 18.2 Å². The van der Waals surface area contributed by atoms with Gasteiger partial charge in [-0.15, -0.1) is 0 Å². The van der Waals surface area contributed by atoms with E-state index in [1.54, 1.807) is 6.07 Å². The number of fused-ring (bicyclic) bond motifs is 1. The number of esters is 1. The fourth-order valence-electron chi connectivity index (χ4n) is 2.89. The average Bonchev–Trinajstić information content (AvgIpc) is 2.68. The van der Waals surface area contributed by atoms with Crippen molar-refractivity contribution in [3.05, 3.63) is 23.2 Å². The molecule has 0 spiro atoms. The SMILES string of the molecule is CCCCOc1c(OCCCC)c(OC(C)=O)c2ccc(Cl)cc2c1OCC(C)C. The highest BCUT2D eigenvalue weighted by molar-refractivity contribution is 6.31. The summed E-state index contributed by atoms with van der Waals surface area (Å²) in [5.74, 6) is 1.67. The van der Waals surface area contributed by atoms with Crippen molar-refractivity contribution in [1.29, 1.82) is 0 Å². The molecule has 2 rings (SSSR count). The second kappa shape index (κ2) is 11.9. The van der Waals surface area contributed by atoms with Crippen molar-refractivity contribution < 1.29 is 23.7 Å². The van der Waals surface area contributed by atoms with Crippen molar-refractivity contribution in [2.75, 3.05) is 19.8 Å². The van der Waals surface area contributed by atoms with Gasteiger partial charge in [0, 0.05) is 22.7 Å². The normalized spacial score (nSPS) is 11.0. The smallest absolute Gasteiger partial charge is 0.308 e. The predicted molar refractivity (Wildman–Crippen MR) is 121 cm³/mol. The van der Waals surface area contributed by atoms with Crippen LogP contribution in [0.2, 0.25) is 5.02 Å². The van der Waals surface area contributed by atoms with E-state index in [9.17, 15) is 4.79 Å². The third-order valence-electron chi connectivity index (χ3n) is 4.38. The summed E-state index contributed by atoms with van der Waals surface area (Å²) in [6.07, 6.45) is 3.72. The Morgan fingerprint density at radius 2 is 1.50 bits per heavy atom. The van der Waals surface area contributed by atoms with Crippen LogP contribution < -0.4 is 18.9 Å². The van der Waals surface area contributed by atoms with Gasteiger partial charge in [-0.25, -0.2) is 0 Å². The van der Waals surface area contributed by atoms with E-state index in [0.717, 1.165) is 31.1 Å². The van der Waals surface area contributed by atoms with Gasteiger partial charge in [-0.1, -0.05) is 52.1 Å². The Morgan fingerprint density at radius 1 is 0.900 bits per heavy atom. The molecule has 0 aliphatic carbocycles. The summed E-state index contributed by atoms with van der Waals surface area (Å²) in [4.78, 5) is 11.9. The number of carbonyl (C=O) groups excluding carboxylic acids is 1. The number of hydrogen-bond donors (Lipinski definition) is 0. The number of ether oxygens (including phenoxy) is 4. The Bertz CT molecular complexity index is 847. The highest BCUT2D eigenvalue weighted by Gasteiger charge is 2.26. The lowest BCUT2D eigenvalue weighted by molar-refractivity contribution is -0.131. The van der Waals surface area contributed by atoms with E-state index in [1.165, 1.54) is 6.92 Å². The Balaban J connectivity index is 2.75. The lowest BCUT2D eigenvalue weighted by atomic mass is 10.1. The first-order valence-corrected chi connectivity index (χ1v) is 11.1. The minimum atomic E-state index is -0.429. The van der Waals surface area contributed by atoms with Gasteiger partial charge >= 0.3 is 5.97 Å². The maximum atomic E-state index is 11.9. The summed E-state index contributed by atoms with van der Waals surface area (Å²) >= 11 is 6.30. The van der Waals surface area contributed by atoms with Crippen LogP contribution in [0.5, 0.6) is 23.0 Å². The van der Waals surface area contributed by atoms with Crippen molar-refractivity contribution in [2.45, 2.75) is 60.3 Å². The summed E-state index contributed by atoms with van der Waals surface area (Å²) < 4.78 is 24.1. The molecule has 0 aliphatic heterocycles. The van der Waals surface area contributed by atoms with Gasteiger partial charge in [0.2, 0.25) is 11.5 Å². The zero-order valence-electron chi connectivity index (χ0n) is 18.7. The fraction of sp³-hybridized carbons (Fsp3) is 0.542. The van der Waals surface area contributed by atoms with Crippen LogP contribution in [0.3, 0.4) is 0 Å². The molecule has 30 heavy (non-hydrogen) atoms. The van der Waals surface area contributed by atoms with E-state index in [-0.39, 0.29) is 0 Å². The maximum Gasteiger partial charge on any atom is 0.308 e. The molecule has 0 saturated heterocycles. The third-order valence-corrected chi connectivity index (χ3v) is 4.62. The van der Waals surface area contributed by atoms with Crippen LogP contribution in [0.1, 0.15) is 60.3 Å². The second-order valence-electron chi connectivity index (χ2n) is 7.71. The van der Waals surface area contributed by atoms with Crippen LogP contribution in [0.25, 0.3) is 10.8 Å². The first-order valence-electron chi connectivity index (χ1n) is 10.7. The van der Waals surface area contributed by atoms with Crippen LogP contribution in [-0.2, 0) is 4.79 Å². The Morgan fingerprint density at radius 3 is 2.03 bits per heavy atom. The molecular weight excluding hydrogens is 404 g/mol. The van der Waals surface area contributed by atoms with Crippen LogP contribution in [0, 0.1) is 5.92 Å². The second-order valence-corrected chi connectivity index (χ2v) is 8.15. The Labute approximate surface area is 184 Å². The number of rotatable bonds is 12. The highest BCUT2D eigenvalue weighted by Crippen LogP contribution is 2.52. The molecule has 0 bridgehead atoms. The van der Waals surface area contributed by atoms with Gasteiger partial charge in [-0.05, 0) is 37.0 Å². The van der Waals surface area contributed by atoms with E-state index < -0.39 is 5.97 Å². The van der Waals surface area contributed by atoms with Crippen LogP contribution >= 0.6 is 11.6 Å². The van der Waals surface area contributed by atoms with Gasteiger partial charge in [0.15, 0.2) is 11.5 Å². The number of benzene rings is 2. The average molecular weight is 437 g/mol. The van der Waals surface area contributed by atoms with E-state index in [4.69, 9.17) is 30.5 Å².